The molecular formula is C15H27ClN4O2S. The van der Waals surface area contributed by atoms with Gasteiger partial charge < -0.3 is 10.0 Å². The number of fused-ring (bicyclic) bond motifs is 1. The molecule has 0 aromatic heterocycles. The summed E-state index contributed by atoms with van der Waals surface area (Å²) in [4.78, 5) is 14.4. The Morgan fingerprint density at radius 2 is 2.22 bits per heavy atom. The largest absolute Gasteiger partial charge is 0.360 e. The number of allylic oxidation sites excluding steroid dienone is 1. The molecule has 1 unspecified atom stereocenters. The second-order valence-electron chi connectivity index (χ2n) is 6.23. The summed E-state index contributed by atoms with van der Waals surface area (Å²) in [6.07, 6.45) is 4.20. The van der Waals surface area contributed by atoms with Crippen molar-refractivity contribution in [3.63, 3.8) is 0 Å². The molecule has 2 aliphatic heterocycles. The second kappa shape index (κ2) is 8.58. The number of aliphatic hydroxyl groups is 1. The van der Waals surface area contributed by atoms with Gasteiger partial charge >= 0.3 is 0 Å². The molecule has 0 saturated carbocycles. The van der Waals surface area contributed by atoms with Gasteiger partial charge in [-0.3, -0.25) is 15.4 Å². The molecule has 2 aliphatic rings. The van der Waals surface area contributed by atoms with Crippen LogP contribution in [0.5, 0.6) is 0 Å². The fourth-order valence-electron chi connectivity index (χ4n) is 2.37. The molecule has 1 amide bonds. The molecule has 0 radical (unpaired) electrons. The lowest BCUT2D eigenvalue weighted by molar-refractivity contribution is -0.133. The van der Waals surface area contributed by atoms with E-state index in [1.165, 1.54) is 16.3 Å². The number of nitrogens with one attached hydrogen (secondary N) is 2. The van der Waals surface area contributed by atoms with E-state index >= 15 is 0 Å². The van der Waals surface area contributed by atoms with Crippen molar-refractivity contribution in [2.45, 2.75) is 56.9 Å². The van der Waals surface area contributed by atoms with Gasteiger partial charge in [0, 0.05) is 19.0 Å². The summed E-state index contributed by atoms with van der Waals surface area (Å²) in [6.45, 7) is 7.54. The minimum Gasteiger partial charge on any atom is -0.360 e. The van der Waals surface area contributed by atoms with E-state index < -0.39 is 6.35 Å². The topological polar surface area (TPSA) is 67.6 Å². The highest BCUT2D eigenvalue weighted by Gasteiger charge is 2.38. The maximum absolute atomic E-state index is 12.3. The minimum atomic E-state index is -0.976. The van der Waals surface area contributed by atoms with Crippen molar-refractivity contribution in [2.24, 2.45) is 5.92 Å². The van der Waals surface area contributed by atoms with Crippen LogP contribution in [0, 0.1) is 5.92 Å². The maximum atomic E-state index is 12.3. The van der Waals surface area contributed by atoms with Crippen LogP contribution in [0.4, 0.5) is 0 Å². The van der Waals surface area contributed by atoms with Gasteiger partial charge in [-0.05, 0) is 44.3 Å². The van der Waals surface area contributed by atoms with E-state index in [4.69, 9.17) is 11.6 Å². The first-order chi connectivity index (χ1) is 10.9. The highest BCUT2D eigenvalue weighted by molar-refractivity contribution is 7.98. The summed E-state index contributed by atoms with van der Waals surface area (Å²) in [5.41, 5.74) is -0.0963. The number of rotatable bonds is 7. The molecule has 6 nitrogen and oxygen atoms in total. The van der Waals surface area contributed by atoms with Crippen LogP contribution in [0.15, 0.2) is 12.3 Å². The first-order valence-corrected chi connectivity index (χ1v) is 9.38. The van der Waals surface area contributed by atoms with E-state index in [2.05, 4.69) is 29.4 Å². The van der Waals surface area contributed by atoms with Gasteiger partial charge in [0.1, 0.15) is 5.37 Å². The van der Waals surface area contributed by atoms with Gasteiger partial charge in [0.15, 0.2) is 6.35 Å². The van der Waals surface area contributed by atoms with E-state index in [1.807, 2.05) is 19.2 Å². The van der Waals surface area contributed by atoms with E-state index in [-0.39, 0.29) is 28.7 Å². The number of aliphatic hydroxyl groups excluding tert-OH is 1. The van der Waals surface area contributed by atoms with Crippen molar-refractivity contribution in [1.29, 1.82) is 0 Å². The number of halogens is 1. The number of alkyl halides is 1. The summed E-state index contributed by atoms with van der Waals surface area (Å²) in [5, 5.41) is 16.9. The molecule has 5 atom stereocenters. The van der Waals surface area contributed by atoms with Gasteiger partial charge in [-0.2, -0.15) is 0 Å². The van der Waals surface area contributed by atoms with Crippen molar-refractivity contribution in [2.75, 3.05) is 13.1 Å². The summed E-state index contributed by atoms with van der Waals surface area (Å²) in [7, 11) is 0. The summed E-state index contributed by atoms with van der Waals surface area (Å²) >= 11 is 7.35. The predicted molar refractivity (Wildman–Crippen MR) is 94.4 cm³/mol. The highest BCUT2D eigenvalue weighted by Crippen LogP contribution is 2.34. The molecule has 132 valence electrons. The lowest BCUT2D eigenvalue weighted by atomic mass is 10.0. The summed E-state index contributed by atoms with van der Waals surface area (Å²) in [6, 6.07) is 0.212. The zero-order chi connectivity index (χ0) is 17.0. The Labute approximate surface area is 147 Å². The monoisotopic (exact) mass is 362 g/mol. The van der Waals surface area contributed by atoms with Crippen LogP contribution in [0.1, 0.15) is 33.6 Å². The first-order valence-electron chi connectivity index (χ1n) is 8.11. The highest BCUT2D eigenvalue weighted by atomic mass is 35.5. The Morgan fingerprint density at radius 1 is 1.48 bits per heavy atom. The van der Waals surface area contributed by atoms with E-state index in [1.54, 1.807) is 0 Å². The van der Waals surface area contributed by atoms with Crippen molar-refractivity contribution in [1.82, 2.24) is 19.8 Å². The van der Waals surface area contributed by atoms with Crippen molar-refractivity contribution in [3.05, 3.63) is 12.3 Å². The van der Waals surface area contributed by atoms with Gasteiger partial charge in [0.05, 0.1) is 12.0 Å². The third-order valence-electron chi connectivity index (χ3n) is 4.10. The molecule has 2 heterocycles. The third kappa shape index (κ3) is 5.83. The average Bonchev–Trinajstić information content (AvgIpc) is 3.22. The lowest BCUT2D eigenvalue weighted by Crippen LogP contribution is -2.49. The summed E-state index contributed by atoms with van der Waals surface area (Å²) < 4.78 is 1.48. The van der Waals surface area contributed by atoms with Crippen LogP contribution in [0.3, 0.4) is 0 Å². The third-order valence-corrected chi connectivity index (χ3v) is 5.52. The molecule has 8 heteroatoms. The zero-order valence-electron chi connectivity index (χ0n) is 13.9. The molecule has 0 spiro atoms. The zero-order valence-corrected chi connectivity index (χ0v) is 15.5. The van der Waals surface area contributed by atoms with Gasteiger partial charge in [0.25, 0.3) is 0 Å². The molecular weight excluding hydrogens is 336 g/mol. The standard InChI is InChI=1S/C15H27ClN4O2S/c1-10(11(2)18-12(3)16)8-17-15(22)20-13(21)6-4-5-7-19-9-14(19)23-20/h5,7,10-12,14-15,17-18,22H,4,6,8-9H2,1-3H3/b7-5-/t10?,11-,12+,14+,15+,19?/m1/s1. The average molecular weight is 363 g/mol. The number of nitrogens with zero attached hydrogens (tertiary/aromatic N) is 2. The van der Waals surface area contributed by atoms with Crippen LogP contribution in [0.25, 0.3) is 0 Å². The smallest absolute Gasteiger partial charge is 0.236 e. The molecule has 0 aliphatic carbocycles. The van der Waals surface area contributed by atoms with Gasteiger partial charge in [-0.1, -0.05) is 13.0 Å². The predicted octanol–water partition coefficient (Wildman–Crippen LogP) is 1.48. The fourth-order valence-corrected chi connectivity index (χ4v) is 3.66. The molecule has 2 rings (SSSR count). The quantitative estimate of drug-likeness (QED) is 0.209. The van der Waals surface area contributed by atoms with Crippen LogP contribution in [-0.2, 0) is 4.79 Å². The Balaban J connectivity index is 1.83. The van der Waals surface area contributed by atoms with Crippen molar-refractivity contribution in [3.8, 4) is 0 Å². The van der Waals surface area contributed by atoms with E-state index in [0.717, 1.165) is 6.54 Å². The SMILES string of the molecule is CC(CN[C@H](O)N1S[C@H]2CN2/C=C\CCC1=O)[C@@H](C)N[C@@H](C)Cl. The van der Waals surface area contributed by atoms with Crippen molar-refractivity contribution >= 4 is 29.5 Å². The Kier molecular flexibility index (Phi) is 7.03. The van der Waals surface area contributed by atoms with Crippen LogP contribution < -0.4 is 10.6 Å². The molecule has 0 aromatic rings. The Hall–Kier alpha value is -0.470. The molecule has 1 fully saturated rings. The van der Waals surface area contributed by atoms with E-state index in [9.17, 15) is 9.90 Å². The number of carbonyl (C=O) groups is 1. The summed E-state index contributed by atoms with van der Waals surface area (Å²) in [5.74, 6) is 0.226. The number of carbonyl (C=O) groups excluding carboxylic acids is 1. The van der Waals surface area contributed by atoms with Crippen LogP contribution >= 0.6 is 23.5 Å². The molecule has 1 saturated heterocycles. The molecule has 0 aromatic carbocycles. The molecule has 23 heavy (non-hydrogen) atoms. The van der Waals surface area contributed by atoms with E-state index in [0.29, 0.717) is 19.4 Å². The van der Waals surface area contributed by atoms with Crippen LogP contribution in [-0.4, -0.2) is 56.6 Å². The van der Waals surface area contributed by atoms with Gasteiger partial charge in [-0.15, -0.1) is 11.6 Å². The fraction of sp³-hybridized carbons (Fsp3) is 0.800. The molecule has 3 N–H and O–H groups in total. The Morgan fingerprint density at radius 3 is 2.91 bits per heavy atom. The number of hydrogen-bond acceptors (Lipinski definition) is 6. The van der Waals surface area contributed by atoms with Crippen LogP contribution in [0.2, 0.25) is 0 Å². The second-order valence-corrected chi connectivity index (χ2v) is 8.03. The number of hydrogen-bond donors (Lipinski definition) is 3. The normalized spacial score (nSPS) is 28.0. The maximum Gasteiger partial charge on any atom is 0.236 e. The van der Waals surface area contributed by atoms with Crippen molar-refractivity contribution < 1.29 is 9.90 Å². The van der Waals surface area contributed by atoms with Gasteiger partial charge in [0.2, 0.25) is 5.91 Å². The Bertz CT molecular complexity index is 438. The lowest BCUT2D eigenvalue weighted by Gasteiger charge is -2.29. The first kappa shape index (κ1) is 18.9. The number of amides is 1. The van der Waals surface area contributed by atoms with Gasteiger partial charge in [-0.25, -0.2) is 4.31 Å². The minimum absolute atomic E-state index is 0.0402. The molecule has 0 bridgehead atoms.